The summed E-state index contributed by atoms with van der Waals surface area (Å²) in [5, 5.41) is 2.69. The van der Waals surface area contributed by atoms with E-state index in [0.29, 0.717) is 13.1 Å². The lowest BCUT2D eigenvalue weighted by molar-refractivity contribution is -0.274. The third kappa shape index (κ3) is 5.47. The Kier molecular flexibility index (Phi) is 6.64. The molecule has 2 aromatic carbocycles. The van der Waals surface area contributed by atoms with Gasteiger partial charge >= 0.3 is 12.4 Å². The van der Waals surface area contributed by atoms with Gasteiger partial charge in [0, 0.05) is 42.5 Å². The van der Waals surface area contributed by atoms with Crippen LogP contribution in [0.4, 0.5) is 23.7 Å². The maximum Gasteiger partial charge on any atom is 0.573 e. The minimum Gasteiger partial charge on any atom is -0.497 e. The number of alkyl halides is 3. The molecule has 3 heterocycles. The van der Waals surface area contributed by atoms with Gasteiger partial charge in [-0.15, -0.1) is 13.2 Å². The van der Waals surface area contributed by atoms with Crippen LogP contribution in [0.15, 0.2) is 72.9 Å². The predicted molar refractivity (Wildman–Crippen MR) is 133 cm³/mol. The Balaban J connectivity index is 1.37. The summed E-state index contributed by atoms with van der Waals surface area (Å²) in [6.45, 7) is 0.962. The standard InChI is InChI=1S/C27H25F3N4O3/c1-36-21-10-4-7-18(15-21)24-23-12-2-3-14-34(23)25(32-24)19-8-6-13-33(17-19)26(35)31-20-9-5-11-22(16-20)37-27(28,29)30/h2-5,7,9-12,14-16,19H,6,8,13,17H2,1H3,(H,31,35)/t19-/m1/s1. The summed E-state index contributed by atoms with van der Waals surface area (Å²) >= 11 is 0. The molecule has 37 heavy (non-hydrogen) atoms. The number of amides is 2. The molecule has 192 valence electrons. The first-order valence-corrected chi connectivity index (χ1v) is 11.8. The van der Waals surface area contributed by atoms with Crippen LogP contribution in [0.25, 0.3) is 16.8 Å². The second-order valence-corrected chi connectivity index (χ2v) is 8.80. The molecular formula is C27H25F3N4O3. The summed E-state index contributed by atoms with van der Waals surface area (Å²) in [7, 11) is 1.62. The average molecular weight is 511 g/mol. The molecule has 0 spiro atoms. The van der Waals surface area contributed by atoms with Gasteiger partial charge in [0.25, 0.3) is 0 Å². The van der Waals surface area contributed by atoms with E-state index in [4.69, 9.17) is 9.72 Å². The molecule has 0 unspecified atom stereocenters. The number of urea groups is 1. The van der Waals surface area contributed by atoms with Crippen molar-refractivity contribution in [2.75, 3.05) is 25.5 Å². The Bertz CT molecular complexity index is 1420. The normalized spacial score (nSPS) is 16.0. The lowest BCUT2D eigenvalue weighted by Gasteiger charge is -2.32. The summed E-state index contributed by atoms with van der Waals surface area (Å²) < 4.78 is 49.1. The summed E-state index contributed by atoms with van der Waals surface area (Å²) in [6, 6.07) is 18.5. The summed E-state index contributed by atoms with van der Waals surface area (Å²) in [5.41, 5.74) is 2.94. The number of nitrogens with one attached hydrogen (secondary N) is 1. The molecule has 1 fully saturated rings. The predicted octanol–water partition coefficient (Wildman–Crippen LogP) is 6.32. The highest BCUT2D eigenvalue weighted by Gasteiger charge is 2.32. The topological polar surface area (TPSA) is 68.1 Å². The maximum absolute atomic E-state index is 13.0. The van der Waals surface area contributed by atoms with Crippen molar-refractivity contribution in [3.05, 3.63) is 78.8 Å². The van der Waals surface area contributed by atoms with Gasteiger partial charge in [-0.3, -0.25) is 0 Å². The molecule has 4 aromatic rings. The van der Waals surface area contributed by atoms with Crippen LogP contribution in [0.1, 0.15) is 24.6 Å². The molecule has 5 rings (SSSR count). The summed E-state index contributed by atoms with van der Waals surface area (Å²) in [6.07, 6.45) is -1.22. The van der Waals surface area contributed by atoms with Crippen LogP contribution < -0.4 is 14.8 Å². The molecule has 1 aliphatic heterocycles. The molecule has 0 bridgehead atoms. The van der Waals surface area contributed by atoms with E-state index in [0.717, 1.165) is 47.3 Å². The van der Waals surface area contributed by atoms with Gasteiger partial charge < -0.3 is 24.1 Å². The molecule has 10 heteroatoms. The first kappa shape index (κ1) is 24.5. The van der Waals surface area contributed by atoms with Crippen molar-refractivity contribution < 1.29 is 27.4 Å². The Labute approximate surface area is 211 Å². The molecule has 0 aliphatic carbocycles. The van der Waals surface area contributed by atoms with Crippen molar-refractivity contribution >= 4 is 17.2 Å². The van der Waals surface area contributed by atoms with E-state index in [1.165, 1.54) is 18.2 Å². The second-order valence-electron chi connectivity index (χ2n) is 8.80. The van der Waals surface area contributed by atoms with Gasteiger partial charge in [0.15, 0.2) is 0 Å². The van der Waals surface area contributed by atoms with Gasteiger partial charge in [-0.2, -0.15) is 0 Å². The smallest absolute Gasteiger partial charge is 0.497 e. The fourth-order valence-electron chi connectivity index (χ4n) is 4.68. The van der Waals surface area contributed by atoms with E-state index >= 15 is 0 Å². The average Bonchev–Trinajstić information content (AvgIpc) is 3.28. The number of aromatic nitrogens is 2. The molecule has 2 aromatic heterocycles. The third-order valence-electron chi connectivity index (χ3n) is 6.31. The molecule has 1 saturated heterocycles. The number of hydrogen-bond donors (Lipinski definition) is 1. The van der Waals surface area contributed by atoms with Gasteiger partial charge in [0.2, 0.25) is 0 Å². The molecule has 7 nitrogen and oxygen atoms in total. The van der Waals surface area contributed by atoms with Crippen molar-refractivity contribution in [1.29, 1.82) is 0 Å². The van der Waals surface area contributed by atoms with Crippen molar-refractivity contribution in [3.63, 3.8) is 0 Å². The van der Waals surface area contributed by atoms with Gasteiger partial charge in [0.05, 0.1) is 18.3 Å². The Hall–Kier alpha value is -4.21. The Morgan fingerprint density at radius 1 is 1.05 bits per heavy atom. The number of imidazole rings is 1. The van der Waals surface area contributed by atoms with Gasteiger partial charge in [-0.05, 0) is 49.2 Å². The molecule has 0 saturated carbocycles. The third-order valence-corrected chi connectivity index (χ3v) is 6.31. The van der Waals surface area contributed by atoms with Crippen molar-refractivity contribution in [2.45, 2.75) is 25.1 Å². The molecule has 1 aliphatic rings. The number of rotatable bonds is 5. The number of halogens is 3. The van der Waals surface area contributed by atoms with Gasteiger partial charge in [-0.1, -0.05) is 24.3 Å². The number of anilines is 1. The van der Waals surface area contributed by atoms with Crippen LogP contribution in [0, 0.1) is 0 Å². The monoisotopic (exact) mass is 510 g/mol. The SMILES string of the molecule is COc1cccc(-c2nc([C@@H]3CCCN(C(=O)Nc4cccc(OC(F)(F)F)c4)C3)n3ccccc23)c1. The van der Waals surface area contributed by atoms with E-state index in [-0.39, 0.29) is 17.6 Å². The van der Waals surface area contributed by atoms with E-state index in [9.17, 15) is 18.0 Å². The van der Waals surface area contributed by atoms with E-state index in [1.54, 1.807) is 12.0 Å². The second kappa shape index (κ2) is 10.0. The molecular weight excluding hydrogens is 485 g/mol. The summed E-state index contributed by atoms with van der Waals surface area (Å²) in [4.78, 5) is 19.7. The van der Waals surface area contributed by atoms with Gasteiger partial charge in [-0.25, -0.2) is 9.78 Å². The molecule has 1 N–H and O–H groups in total. The number of nitrogens with zero attached hydrogens (tertiary/aromatic N) is 3. The number of methoxy groups -OCH3 is 1. The number of likely N-dealkylation sites (tertiary alicyclic amines) is 1. The highest BCUT2D eigenvalue weighted by Crippen LogP contribution is 2.33. The fourth-order valence-corrected chi connectivity index (χ4v) is 4.68. The number of carbonyl (C=O) groups is 1. The summed E-state index contributed by atoms with van der Waals surface area (Å²) in [5.74, 6) is 1.18. The quantitative estimate of drug-likeness (QED) is 0.341. The fraction of sp³-hybridized carbons (Fsp3) is 0.259. The zero-order valence-electron chi connectivity index (χ0n) is 20.0. The number of benzene rings is 2. The lowest BCUT2D eigenvalue weighted by Crippen LogP contribution is -2.42. The largest absolute Gasteiger partial charge is 0.573 e. The van der Waals surface area contributed by atoms with E-state index < -0.39 is 12.1 Å². The van der Waals surface area contributed by atoms with Crippen LogP contribution in [0.3, 0.4) is 0 Å². The van der Waals surface area contributed by atoms with Crippen molar-refractivity contribution in [1.82, 2.24) is 14.3 Å². The highest BCUT2D eigenvalue weighted by atomic mass is 19.4. The minimum atomic E-state index is -4.81. The first-order valence-electron chi connectivity index (χ1n) is 11.8. The van der Waals surface area contributed by atoms with Gasteiger partial charge in [0.1, 0.15) is 17.3 Å². The zero-order chi connectivity index (χ0) is 26.0. The van der Waals surface area contributed by atoms with Crippen LogP contribution in [-0.2, 0) is 0 Å². The highest BCUT2D eigenvalue weighted by molar-refractivity contribution is 5.89. The number of fused-ring (bicyclic) bond motifs is 1. The zero-order valence-corrected chi connectivity index (χ0v) is 20.0. The van der Waals surface area contributed by atoms with Crippen LogP contribution in [-0.4, -0.2) is 46.9 Å². The van der Waals surface area contributed by atoms with Crippen molar-refractivity contribution in [2.24, 2.45) is 0 Å². The maximum atomic E-state index is 13.0. The van der Waals surface area contributed by atoms with Crippen LogP contribution >= 0.6 is 0 Å². The Morgan fingerprint density at radius 2 is 1.86 bits per heavy atom. The van der Waals surface area contributed by atoms with Crippen LogP contribution in [0.2, 0.25) is 0 Å². The number of pyridine rings is 1. The van der Waals surface area contributed by atoms with Crippen molar-refractivity contribution in [3.8, 4) is 22.8 Å². The molecule has 1 atom stereocenters. The number of ether oxygens (including phenoxy) is 2. The number of piperidine rings is 1. The lowest BCUT2D eigenvalue weighted by atomic mass is 9.97. The minimum absolute atomic E-state index is 0.0198. The van der Waals surface area contributed by atoms with Crippen LogP contribution in [0.5, 0.6) is 11.5 Å². The number of carbonyl (C=O) groups excluding carboxylic acids is 1. The molecule has 2 amide bonds. The Morgan fingerprint density at radius 3 is 2.68 bits per heavy atom. The first-order chi connectivity index (χ1) is 17.8. The molecule has 0 radical (unpaired) electrons. The number of hydrogen-bond acceptors (Lipinski definition) is 4. The van der Waals surface area contributed by atoms with E-state index in [1.807, 2.05) is 48.7 Å². The van der Waals surface area contributed by atoms with E-state index in [2.05, 4.69) is 14.5 Å².